The second kappa shape index (κ2) is 8.74. The molecule has 1 aliphatic heterocycles. The van der Waals surface area contributed by atoms with Crippen LogP contribution in [-0.2, 0) is 20.9 Å². The number of unbranched alkanes of at least 4 members (excludes halogenated alkanes) is 2. The fourth-order valence-corrected chi connectivity index (χ4v) is 4.37. The van der Waals surface area contributed by atoms with Crippen molar-refractivity contribution in [3.05, 3.63) is 35.9 Å². The van der Waals surface area contributed by atoms with E-state index in [0.29, 0.717) is 6.42 Å². The standard InChI is InChI=1S/C23H33NO5/c1-22(2,3)29-21(27)24-18(20(26)28-16-17-10-6-4-7-11-17)14-23(15-19(23)24)12-8-5-9-13-25/h4,6-7,10-11,18-19,25H,5,8-9,12-16H2,1-3H3/t18-,19?,23-/m0/s1. The number of carbonyl (C=O) groups excluding carboxylic acids is 2. The molecule has 0 radical (unpaired) electrons. The number of benzene rings is 1. The van der Waals surface area contributed by atoms with E-state index in [1.807, 2.05) is 51.1 Å². The Hall–Kier alpha value is -2.08. The van der Waals surface area contributed by atoms with Gasteiger partial charge >= 0.3 is 12.1 Å². The number of carbonyl (C=O) groups is 2. The van der Waals surface area contributed by atoms with Crippen LogP contribution < -0.4 is 0 Å². The largest absolute Gasteiger partial charge is 0.459 e. The maximum Gasteiger partial charge on any atom is 0.411 e. The lowest BCUT2D eigenvalue weighted by Gasteiger charge is -2.29. The van der Waals surface area contributed by atoms with E-state index in [-0.39, 0.29) is 30.6 Å². The van der Waals surface area contributed by atoms with Crippen molar-refractivity contribution in [2.45, 2.75) is 83.6 Å². The predicted molar refractivity (Wildman–Crippen MR) is 109 cm³/mol. The number of nitrogens with zero attached hydrogens (tertiary/aromatic N) is 1. The van der Waals surface area contributed by atoms with Crippen LogP contribution in [0.1, 0.15) is 64.9 Å². The molecule has 1 amide bonds. The monoisotopic (exact) mass is 403 g/mol. The lowest BCUT2D eigenvalue weighted by molar-refractivity contribution is -0.150. The summed E-state index contributed by atoms with van der Waals surface area (Å²) in [4.78, 5) is 27.4. The highest BCUT2D eigenvalue weighted by Crippen LogP contribution is 2.62. The van der Waals surface area contributed by atoms with Crippen LogP contribution in [0.3, 0.4) is 0 Å². The summed E-state index contributed by atoms with van der Waals surface area (Å²) in [5.41, 5.74) is 0.297. The Kier molecular flexibility index (Phi) is 6.52. The molecule has 0 aromatic heterocycles. The molecule has 2 aliphatic rings. The van der Waals surface area contributed by atoms with Crippen LogP contribution in [0.25, 0.3) is 0 Å². The van der Waals surface area contributed by atoms with Gasteiger partial charge in [0.25, 0.3) is 0 Å². The van der Waals surface area contributed by atoms with Crippen molar-refractivity contribution in [3.8, 4) is 0 Å². The summed E-state index contributed by atoms with van der Waals surface area (Å²) in [7, 11) is 0. The third-order valence-electron chi connectivity index (χ3n) is 5.85. The molecule has 6 heteroatoms. The van der Waals surface area contributed by atoms with E-state index in [1.54, 1.807) is 4.90 Å². The van der Waals surface area contributed by atoms with Gasteiger partial charge in [-0.15, -0.1) is 0 Å². The van der Waals surface area contributed by atoms with Crippen molar-refractivity contribution in [1.29, 1.82) is 0 Å². The molecule has 160 valence electrons. The summed E-state index contributed by atoms with van der Waals surface area (Å²) in [6.07, 6.45) is 4.81. The van der Waals surface area contributed by atoms with Gasteiger partial charge in [-0.25, -0.2) is 9.59 Å². The molecule has 1 heterocycles. The van der Waals surface area contributed by atoms with Crippen molar-refractivity contribution in [2.24, 2.45) is 5.41 Å². The Balaban J connectivity index is 1.67. The van der Waals surface area contributed by atoms with E-state index in [1.165, 1.54) is 0 Å². The molecule has 1 aliphatic carbocycles. The number of hydrogen-bond acceptors (Lipinski definition) is 5. The van der Waals surface area contributed by atoms with Crippen LogP contribution in [0.4, 0.5) is 4.79 Å². The van der Waals surface area contributed by atoms with Crippen LogP contribution in [0, 0.1) is 5.41 Å². The van der Waals surface area contributed by atoms with Crippen LogP contribution in [0.5, 0.6) is 0 Å². The van der Waals surface area contributed by atoms with Crippen molar-refractivity contribution < 1.29 is 24.2 Å². The fraction of sp³-hybridized carbons (Fsp3) is 0.652. The maximum atomic E-state index is 12.9. The maximum absolute atomic E-state index is 12.9. The van der Waals surface area contributed by atoms with Crippen molar-refractivity contribution in [2.75, 3.05) is 6.61 Å². The first-order chi connectivity index (χ1) is 13.8. The normalized spacial score (nSPS) is 25.4. The van der Waals surface area contributed by atoms with E-state index >= 15 is 0 Å². The van der Waals surface area contributed by atoms with Crippen molar-refractivity contribution >= 4 is 12.1 Å². The van der Waals surface area contributed by atoms with Gasteiger partial charge in [-0.1, -0.05) is 43.2 Å². The SMILES string of the molecule is CC(C)(C)OC(=O)N1C2C[C@]2(CCCCCO)C[C@H]1C(=O)OCc1ccccc1. The number of hydrogen-bond donors (Lipinski definition) is 1. The zero-order chi connectivity index (χ0) is 21.1. The molecule has 1 aromatic rings. The summed E-state index contributed by atoms with van der Waals surface area (Å²) >= 11 is 0. The smallest absolute Gasteiger partial charge is 0.411 e. The van der Waals surface area contributed by atoms with Gasteiger partial charge in [0.05, 0.1) is 0 Å². The molecule has 2 fully saturated rings. The Bertz CT molecular complexity index is 714. The molecule has 1 unspecified atom stereocenters. The number of fused-ring (bicyclic) bond motifs is 1. The highest BCUT2D eigenvalue weighted by Gasteiger charge is 2.67. The first-order valence-electron chi connectivity index (χ1n) is 10.6. The third-order valence-corrected chi connectivity index (χ3v) is 5.85. The molecule has 1 aromatic carbocycles. The number of amides is 1. The van der Waals surface area contributed by atoms with E-state index < -0.39 is 17.7 Å². The van der Waals surface area contributed by atoms with Crippen LogP contribution in [0.2, 0.25) is 0 Å². The Morgan fingerprint density at radius 3 is 2.52 bits per heavy atom. The van der Waals surface area contributed by atoms with Gasteiger partial charge in [0.2, 0.25) is 0 Å². The van der Waals surface area contributed by atoms with E-state index in [0.717, 1.165) is 37.7 Å². The van der Waals surface area contributed by atoms with Gasteiger partial charge in [-0.05, 0) is 57.4 Å². The molecule has 1 saturated heterocycles. The Labute approximate surface area is 173 Å². The molecule has 3 rings (SSSR count). The number of piperidine rings is 1. The van der Waals surface area contributed by atoms with Gasteiger partial charge in [-0.3, -0.25) is 4.90 Å². The average molecular weight is 404 g/mol. The minimum atomic E-state index is -0.614. The highest BCUT2D eigenvalue weighted by atomic mass is 16.6. The lowest BCUT2D eigenvalue weighted by atomic mass is 9.93. The summed E-state index contributed by atoms with van der Waals surface area (Å²) in [5.74, 6) is -0.360. The second-order valence-electron chi connectivity index (χ2n) is 9.32. The number of aliphatic hydroxyl groups is 1. The van der Waals surface area contributed by atoms with E-state index in [9.17, 15) is 9.59 Å². The first-order valence-corrected chi connectivity index (χ1v) is 10.6. The average Bonchev–Trinajstić information content (AvgIpc) is 3.26. The van der Waals surface area contributed by atoms with Gasteiger partial charge in [0.15, 0.2) is 0 Å². The molecule has 1 N–H and O–H groups in total. The number of likely N-dealkylation sites (tertiary alicyclic amines) is 1. The van der Waals surface area contributed by atoms with Crippen LogP contribution in [-0.4, -0.2) is 46.4 Å². The molecule has 0 bridgehead atoms. The molecule has 29 heavy (non-hydrogen) atoms. The van der Waals surface area contributed by atoms with E-state index in [4.69, 9.17) is 14.6 Å². The summed E-state index contributed by atoms with van der Waals surface area (Å²) < 4.78 is 11.2. The minimum absolute atomic E-state index is 0.0111. The van der Waals surface area contributed by atoms with Gasteiger partial charge in [-0.2, -0.15) is 0 Å². The molecular weight excluding hydrogens is 370 g/mol. The summed E-state index contributed by atoms with van der Waals surface area (Å²) in [5, 5.41) is 8.99. The van der Waals surface area contributed by atoms with Gasteiger partial charge in [0, 0.05) is 12.6 Å². The van der Waals surface area contributed by atoms with Gasteiger partial charge in [0.1, 0.15) is 18.2 Å². The zero-order valence-electron chi connectivity index (χ0n) is 17.7. The summed E-state index contributed by atoms with van der Waals surface area (Å²) in [6.45, 7) is 5.90. The quantitative estimate of drug-likeness (QED) is 0.523. The molecule has 0 spiro atoms. The van der Waals surface area contributed by atoms with Crippen molar-refractivity contribution in [3.63, 3.8) is 0 Å². The predicted octanol–water partition coefficient (Wildman–Crippen LogP) is 4.05. The number of ether oxygens (including phenoxy) is 2. The number of rotatable bonds is 8. The lowest BCUT2D eigenvalue weighted by Crippen LogP contribution is -2.46. The summed E-state index contributed by atoms with van der Waals surface area (Å²) in [6, 6.07) is 9.00. The van der Waals surface area contributed by atoms with Crippen LogP contribution >= 0.6 is 0 Å². The van der Waals surface area contributed by atoms with E-state index in [2.05, 4.69) is 0 Å². The first kappa shape index (κ1) is 21.6. The van der Waals surface area contributed by atoms with Gasteiger partial charge < -0.3 is 14.6 Å². The molecule has 6 nitrogen and oxygen atoms in total. The Morgan fingerprint density at radius 1 is 1.14 bits per heavy atom. The van der Waals surface area contributed by atoms with Crippen molar-refractivity contribution in [1.82, 2.24) is 4.90 Å². The number of aliphatic hydroxyl groups excluding tert-OH is 1. The fourth-order valence-electron chi connectivity index (χ4n) is 4.37. The molecular formula is C23H33NO5. The third kappa shape index (κ3) is 5.30. The minimum Gasteiger partial charge on any atom is -0.459 e. The number of esters is 1. The zero-order valence-corrected chi connectivity index (χ0v) is 17.7. The second-order valence-corrected chi connectivity index (χ2v) is 9.32. The molecule has 1 saturated carbocycles. The Morgan fingerprint density at radius 2 is 1.86 bits per heavy atom. The highest BCUT2D eigenvalue weighted by molar-refractivity contribution is 5.83. The topological polar surface area (TPSA) is 76.1 Å². The molecule has 3 atom stereocenters. The van der Waals surface area contributed by atoms with Crippen LogP contribution in [0.15, 0.2) is 30.3 Å².